The largest absolute Gasteiger partial charge is 0.804 e. The Hall–Kier alpha value is -0.900. The average molecular weight is 221 g/mol. The topological polar surface area (TPSA) is 76.0 Å². The molecule has 0 unspecified atom stereocenters. The first kappa shape index (κ1) is 13.1. The second kappa shape index (κ2) is 10.2. The van der Waals surface area contributed by atoms with Gasteiger partial charge in [-0.1, -0.05) is 0 Å². The summed E-state index contributed by atoms with van der Waals surface area (Å²) in [7, 11) is -2.20. The van der Waals surface area contributed by atoms with Crippen LogP contribution in [0.5, 0.6) is 0 Å². The van der Waals surface area contributed by atoms with Gasteiger partial charge >= 0.3 is 8.25 Å². The second-order valence-electron chi connectivity index (χ2n) is 2.20. The maximum absolute atomic E-state index is 10.8. The molecular weight excluding hydrogens is 207 g/mol. The van der Waals surface area contributed by atoms with E-state index in [0.717, 1.165) is 0 Å². The molecule has 0 radical (unpaired) electrons. The van der Waals surface area contributed by atoms with Crippen LogP contribution in [0.2, 0.25) is 0 Å². The van der Waals surface area contributed by atoms with Crippen LogP contribution >= 0.6 is 8.25 Å². The third-order valence-corrected chi connectivity index (χ3v) is 1.67. The lowest BCUT2D eigenvalue weighted by Gasteiger charge is -1.83. The fourth-order valence-corrected chi connectivity index (χ4v) is 0.916. The third-order valence-electron chi connectivity index (χ3n) is 1.08. The van der Waals surface area contributed by atoms with Gasteiger partial charge in [-0.2, -0.15) is 0 Å². The molecule has 0 aliphatic heterocycles. The van der Waals surface area contributed by atoms with E-state index in [9.17, 15) is 4.57 Å². The van der Waals surface area contributed by atoms with Crippen LogP contribution in [0.25, 0.3) is 0 Å². The van der Waals surface area contributed by atoms with E-state index < -0.39 is 8.25 Å². The Kier molecular flexibility index (Phi) is 9.53. The van der Waals surface area contributed by atoms with Gasteiger partial charge in [-0.05, 0) is 25.0 Å². The highest BCUT2D eigenvalue weighted by Crippen LogP contribution is 2.24. The van der Waals surface area contributed by atoms with Crippen molar-refractivity contribution in [1.29, 1.82) is 0 Å². The van der Waals surface area contributed by atoms with Gasteiger partial charge in [-0.15, -0.1) is 0 Å². The second-order valence-corrected chi connectivity index (χ2v) is 3.07. The molecule has 80 valence electrons. The molecule has 0 saturated carbocycles. The van der Waals surface area contributed by atoms with Gasteiger partial charge in [0.25, 0.3) is 0 Å². The van der Waals surface area contributed by atoms with Crippen LogP contribution in [0.15, 0.2) is 24.7 Å². The normalized spacial score (nSPS) is 12.3. The van der Waals surface area contributed by atoms with Crippen LogP contribution in [0, 0.1) is 0 Å². The van der Waals surface area contributed by atoms with Crippen LogP contribution in [0.3, 0.4) is 0 Å². The summed E-state index contributed by atoms with van der Waals surface area (Å²) in [6.07, 6.45) is 6.40. The van der Waals surface area contributed by atoms with Crippen molar-refractivity contribution >= 4 is 8.25 Å². The highest BCUT2D eigenvalue weighted by molar-refractivity contribution is 7.33. The fourth-order valence-electron chi connectivity index (χ4n) is 0.495. The monoisotopic (exact) mass is 221 g/mol. The summed E-state index contributed by atoms with van der Waals surface area (Å²) in [4.78, 5) is 0. The highest BCUT2D eigenvalue weighted by atomic mass is 31.1. The van der Waals surface area contributed by atoms with Crippen molar-refractivity contribution in [3.8, 4) is 0 Å². The van der Waals surface area contributed by atoms with Crippen molar-refractivity contribution in [2.45, 2.75) is 12.8 Å². The molecule has 0 atom stereocenters. The van der Waals surface area contributed by atoms with Crippen molar-refractivity contribution in [2.75, 3.05) is 13.2 Å². The molecule has 0 bridgehead atoms. The van der Waals surface area contributed by atoms with Crippen LogP contribution in [0.4, 0.5) is 0 Å². The Morgan fingerprint density at radius 3 is 1.79 bits per heavy atom. The van der Waals surface area contributed by atoms with E-state index in [-0.39, 0.29) is 13.2 Å². The Balaban J connectivity index is 3.45. The minimum absolute atomic E-state index is 0.0217. The molecule has 2 N–H and O–H groups in total. The molecule has 0 aromatic heterocycles. The van der Waals surface area contributed by atoms with E-state index in [1.165, 1.54) is 24.7 Å². The number of hydrogen-bond acceptors (Lipinski definition) is 5. The van der Waals surface area contributed by atoms with E-state index in [4.69, 9.17) is 10.2 Å². The van der Waals surface area contributed by atoms with Gasteiger partial charge in [-0.3, -0.25) is 0 Å². The SMILES string of the molecule is O=[P+](OC=CCCO)OC=CCCO. The summed E-state index contributed by atoms with van der Waals surface area (Å²) in [5, 5.41) is 16.8. The van der Waals surface area contributed by atoms with Gasteiger partial charge in [0, 0.05) is 17.8 Å². The molecule has 0 amide bonds. The number of hydrogen-bond donors (Lipinski definition) is 2. The number of aliphatic hydroxyl groups excluding tert-OH is 2. The Bertz CT molecular complexity index is 182. The van der Waals surface area contributed by atoms with Crippen LogP contribution in [-0.2, 0) is 13.6 Å². The zero-order valence-electron chi connectivity index (χ0n) is 7.70. The molecule has 14 heavy (non-hydrogen) atoms. The molecular formula is C8H14O5P+. The average Bonchev–Trinajstić information content (AvgIpc) is 2.19. The predicted octanol–water partition coefficient (Wildman–Crippen LogP) is 1.47. The van der Waals surface area contributed by atoms with Crippen molar-refractivity contribution < 1.29 is 23.8 Å². The minimum atomic E-state index is -2.20. The highest BCUT2D eigenvalue weighted by Gasteiger charge is 2.16. The lowest BCUT2D eigenvalue weighted by atomic mass is 10.5. The standard InChI is InChI=1S/C8H14O5P/c9-5-1-3-7-12-14(11)13-8-4-2-6-10/h3-4,7-10H,1-2,5-6H2/q+1. The molecule has 0 aromatic rings. The third kappa shape index (κ3) is 9.19. The van der Waals surface area contributed by atoms with Gasteiger partial charge in [0.2, 0.25) is 0 Å². The fraction of sp³-hybridized carbons (Fsp3) is 0.500. The van der Waals surface area contributed by atoms with Crippen molar-refractivity contribution in [3.63, 3.8) is 0 Å². The van der Waals surface area contributed by atoms with Crippen LogP contribution in [-0.4, -0.2) is 23.4 Å². The first-order valence-corrected chi connectivity index (χ1v) is 5.23. The van der Waals surface area contributed by atoms with Crippen molar-refractivity contribution in [3.05, 3.63) is 24.7 Å². The predicted molar refractivity (Wildman–Crippen MR) is 51.5 cm³/mol. The van der Waals surface area contributed by atoms with Gasteiger partial charge in [-0.25, -0.2) is 9.05 Å². The first-order chi connectivity index (χ1) is 6.81. The van der Waals surface area contributed by atoms with Gasteiger partial charge in [0.05, 0.1) is 0 Å². The molecule has 0 fully saturated rings. The van der Waals surface area contributed by atoms with Gasteiger partial charge in [0.1, 0.15) is 0 Å². The quantitative estimate of drug-likeness (QED) is 0.479. The number of rotatable bonds is 8. The maximum Gasteiger partial charge on any atom is 0.804 e. The molecule has 0 spiro atoms. The van der Waals surface area contributed by atoms with E-state index in [2.05, 4.69) is 9.05 Å². The minimum Gasteiger partial charge on any atom is -0.396 e. The first-order valence-electron chi connectivity index (χ1n) is 4.13. The summed E-state index contributed by atoms with van der Waals surface area (Å²) in [5.41, 5.74) is 0. The van der Waals surface area contributed by atoms with E-state index in [1.54, 1.807) is 0 Å². The zero-order chi connectivity index (χ0) is 10.6. The molecule has 0 aliphatic rings. The maximum atomic E-state index is 10.8. The summed E-state index contributed by atoms with van der Waals surface area (Å²) in [5.74, 6) is 0. The summed E-state index contributed by atoms with van der Waals surface area (Å²) in [6, 6.07) is 0. The summed E-state index contributed by atoms with van der Waals surface area (Å²) < 4.78 is 20.1. The van der Waals surface area contributed by atoms with E-state index in [1.807, 2.05) is 0 Å². The molecule has 6 heteroatoms. The number of aliphatic hydroxyl groups is 2. The smallest absolute Gasteiger partial charge is 0.396 e. The lowest BCUT2D eigenvalue weighted by Crippen LogP contribution is -1.77. The Morgan fingerprint density at radius 1 is 1.00 bits per heavy atom. The van der Waals surface area contributed by atoms with Crippen LogP contribution < -0.4 is 0 Å². The van der Waals surface area contributed by atoms with Crippen LogP contribution in [0.1, 0.15) is 12.8 Å². The van der Waals surface area contributed by atoms with E-state index in [0.29, 0.717) is 12.8 Å². The molecule has 0 aromatic carbocycles. The molecule has 0 saturated heterocycles. The van der Waals surface area contributed by atoms with E-state index >= 15 is 0 Å². The molecule has 0 rings (SSSR count). The Labute approximate surface area is 83.6 Å². The van der Waals surface area contributed by atoms with Gasteiger partial charge in [0.15, 0.2) is 12.5 Å². The summed E-state index contributed by atoms with van der Waals surface area (Å²) in [6.45, 7) is 0.0435. The van der Waals surface area contributed by atoms with Gasteiger partial charge < -0.3 is 10.2 Å². The molecule has 0 heterocycles. The molecule has 0 aliphatic carbocycles. The van der Waals surface area contributed by atoms with Crippen molar-refractivity contribution in [2.24, 2.45) is 0 Å². The lowest BCUT2D eigenvalue weighted by molar-refractivity contribution is 0.299. The summed E-state index contributed by atoms with van der Waals surface area (Å²) >= 11 is 0. The Morgan fingerprint density at radius 2 is 1.43 bits per heavy atom. The zero-order valence-corrected chi connectivity index (χ0v) is 8.60. The van der Waals surface area contributed by atoms with Crippen molar-refractivity contribution in [1.82, 2.24) is 0 Å². The molecule has 5 nitrogen and oxygen atoms in total.